The summed E-state index contributed by atoms with van der Waals surface area (Å²) in [4.78, 5) is 44.4. The topological polar surface area (TPSA) is 161 Å². The molecule has 0 aromatic heterocycles. The highest BCUT2D eigenvalue weighted by atomic mass is 16.6. The van der Waals surface area contributed by atoms with Gasteiger partial charge in [-0.05, 0) is 114 Å². The van der Waals surface area contributed by atoms with Gasteiger partial charge in [-0.15, -0.1) is 6.58 Å². The summed E-state index contributed by atoms with van der Waals surface area (Å²) in [5, 5.41) is 34.4. The molecule has 3 aliphatic heterocycles. The van der Waals surface area contributed by atoms with E-state index in [2.05, 4.69) is 32.6 Å². The van der Waals surface area contributed by atoms with Crippen molar-refractivity contribution in [2.45, 2.75) is 166 Å². The number of methoxy groups -OCH3 is 3. The first-order valence-corrected chi connectivity index (χ1v) is 20.9. The van der Waals surface area contributed by atoms with Gasteiger partial charge in [-0.25, -0.2) is 9.59 Å². The first-order valence-electron chi connectivity index (χ1n) is 20.9. The van der Waals surface area contributed by atoms with Crippen molar-refractivity contribution < 1.29 is 53.4 Å². The lowest BCUT2D eigenvalue weighted by Crippen LogP contribution is -2.62. The minimum Gasteiger partial charge on any atom is -0.456 e. The third kappa shape index (κ3) is 10.9. The largest absolute Gasteiger partial charge is 0.456 e. The van der Waals surface area contributed by atoms with Gasteiger partial charge in [0.25, 0.3) is 5.91 Å². The van der Waals surface area contributed by atoms with Crippen LogP contribution < -0.4 is 0 Å². The second-order valence-corrected chi connectivity index (χ2v) is 17.4. The number of ether oxygens (including phenoxy) is 5. The molecule has 3 heterocycles. The van der Waals surface area contributed by atoms with E-state index in [1.54, 1.807) is 21.1 Å². The monoisotopic (exact) mass is 790 g/mol. The molecular formula is C44H71NO11. The van der Waals surface area contributed by atoms with Gasteiger partial charge < -0.3 is 43.9 Å². The van der Waals surface area contributed by atoms with Crippen LogP contribution in [0, 0.1) is 29.6 Å². The van der Waals surface area contributed by atoms with E-state index in [0.717, 1.165) is 24.8 Å². The first kappa shape index (κ1) is 46.1. The third-order valence-corrected chi connectivity index (χ3v) is 13.1. The predicted molar refractivity (Wildman–Crippen MR) is 212 cm³/mol. The number of hydrogen-bond donors (Lipinski definition) is 3. The number of aliphatic hydroxyl groups is 3. The summed E-state index contributed by atoms with van der Waals surface area (Å²) >= 11 is 0. The van der Waals surface area contributed by atoms with Gasteiger partial charge in [0.15, 0.2) is 6.10 Å². The molecule has 0 aromatic carbocycles. The molecule has 4 aliphatic rings. The van der Waals surface area contributed by atoms with Crippen LogP contribution in [0.15, 0.2) is 36.0 Å². The Morgan fingerprint density at radius 1 is 0.911 bits per heavy atom. The zero-order chi connectivity index (χ0) is 41.3. The van der Waals surface area contributed by atoms with Crippen molar-refractivity contribution in [3.63, 3.8) is 0 Å². The molecule has 0 radical (unpaired) electrons. The summed E-state index contributed by atoms with van der Waals surface area (Å²) in [6.07, 6.45) is 8.33. The van der Waals surface area contributed by atoms with E-state index < -0.39 is 77.9 Å². The second-order valence-electron chi connectivity index (χ2n) is 17.4. The molecule has 3 fully saturated rings. The summed E-state index contributed by atoms with van der Waals surface area (Å²) in [6.45, 7) is 13.8. The molecule has 0 spiro atoms. The fraction of sp³-hybridized carbons (Fsp3) is 0.795. The van der Waals surface area contributed by atoms with Crippen LogP contribution in [0.3, 0.4) is 0 Å². The van der Waals surface area contributed by atoms with Crippen LogP contribution in [0.25, 0.3) is 0 Å². The number of carbonyl (C=O) groups excluding carboxylic acids is 3. The highest BCUT2D eigenvalue weighted by Gasteiger charge is 2.58. The van der Waals surface area contributed by atoms with Gasteiger partial charge in [0, 0.05) is 39.7 Å². The fourth-order valence-electron chi connectivity index (χ4n) is 9.66. The van der Waals surface area contributed by atoms with Crippen molar-refractivity contribution in [3.05, 3.63) is 36.0 Å². The smallest absolute Gasteiger partial charge is 0.348 e. The maximum atomic E-state index is 14.6. The Hall–Kier alpha value is -2.61. The number of piperidine rings is 1. The Balaban J connectivity index is 1.77. The van der Waals surface area contributed by atoms with Gasteiger partial charge in [0.2, 0.25) is 5.60 Å². The molecule has 0 aromatic rings. The number of rotatable bonds is 7. The van der Waals surface area contributed by atoms with Crippen LogP contribution in [0.2, 0.25) is 0 Å². The molecule has 4 rings (SSSR count). The van der Waals surface area contributed by atoms with E-state index in [1.165, 1.54) is 17.6 Å². The highest BCUT2D eigenvalue weighted by molar-refractivity contribution is 6.07. The Labute approximate surface area is 335 Å². The van der Waals surface area contributed by atoms with Crippen molar-refractivity contribution in [3.8, 4) is 0 Å². The van der Waals surface area contributed by atoms with Gasteiger partial charge in [0.05, 0.1) is 30.5 Å². The third-order valence-electron chi connectivity index (χ3n) is 13.1. The maximum Gasteiger partial charge on any atom is 0.348 e. The molecule has 2 bridgehead atoms. The van der Waals surface area contributed by atoms with Crippen molar-refractivity contribution in [1.29, 1.82) is 0 Å². The van der Waals surface area contributed by atoms with E-state index in [4.69, 9.17) is 23.7 Å². The normalized spacial score (nSPS) is 41.3. The maximum absolute atomic E-state index is 14.6. The van der Waals surface area contributed by atoms with Crippen molar-refractivity contribution in [2.75, 3.05) is 27.9 Å². The van der Waals surface area contributed by atoms with Gasteiger partial charge >= 0.3 is 11.9 Å². The number of nitrogens with zero attached hydrogens (tertiary/aromatic N) is 1. The Kier molecular flexibility index (Phi) is 17.2. The number of hydrogen-bond acceptors (Lipinski definition) is 11. The molecule has 3 N–H and O–H groups in total. The van der Waals surface area contributed by atoms with E-state index >= 15 is 0 Å². The highest BCUT2D eigenvalue weighted by Crippen LogP contribution is 2.38. The molecule has 12 heteroatoms. The number of carbonyl (C=O) groups is 3. The zero-order valence-electron chi connectivity index (χ0n) is 35.2. The number of fused-ring (bicyclic) bond motifs is 4. The molecule has 56 heavy (non-hydrogen) atoms. The van der Waals surface area contributed by atoms with Crippen LogP contribution in [-0.4, -0.2) is 120 Å². The fourth-order valence-corrected chi connectivity index (χ4v) is 9.66. The van der Waals surface area contributed by atoms with E-state index in [9.17, 15) is 29.7 Å². The van der Waals surface area contributed by atoms with Crippen molar-refractivity contribution in [1.82, 2.24) is 4.90 Å². The Morgan fingerprint density at radius 3 is 2.23 bits per heavy atom. The first-order chi connectivity index (χ1) is 26.6. The standard InChI is InChI=1S/C44H71NO11/c1-10-13-31-15-17-34(46)30(6)39(28(4)23-32-16-18-35(47)36(25-32)52-7)55-41(48)33-14-11-12-19-45(33)42(49)44(51)29(5)24-38(54-9)40(56-43(44)50)37(53-8)22-27(3)20-26(2)21-31/h10,21,23,27,29-40,46-47,51H,1,11-20,22,24-25H2,2-9H3/b26-21+,28-23?. The van der Waals surface area contributed by atoms with Crippen molar-refractivity contribution in [2.24, 2.45) is 29.6 Å². The number of esters is 2. The molecule has 1 saturated carbocycles. The zero-order valence-corrected chi connectivity index (χ0v) is 35.2. The Morgan fingerprint density at radius 2 is 1.57 bits per heavy atom. The molecule has 318 valence electrons. The van der Waals surface area contributed by atoms with E-state index in [0.29, 0.717) is 44.9 Å². The van der Waals surface area contributed by atoms with Crippen LogP contribution in [0.4, 0.5) is 0 Å². The second kappa shape index (κ2) is 20.9. The number of aliphatic hydroxyl groups excluding tert-OH is 2. The van der Waals surface area contributed by atoms with Gasteiger partial charge in [-0.2, -0.15) is 0 Å². The van der Waals surface area contributed by atoms with Crippen LogP contribution in [-0.2, 0) is 38.1 Å². The van der Waals surface area contributed by atoms with Crippen LogP contribution in [0.5, 0.6) is 0 Å². The molecule has 2 saturated heterocycles. The predicted octanol–water partition coefficient (Wildman–Crippen LogP) is 5.46. The Bertz CT molecular complexity index is 1400. The lowest BCUT2D eigenvalue weighted by atomic mass is 9.81. The summed E-state index contributed by atoms with van der Waals surface area (Å²) in [5.41, 5.74) is -0.632. The lowest BCUT2D eigenvalue weighted by molar-refractivity contribution is -0.192. The van der Waals surface area contributed by atoms with Gasteiger partial charge in [0.1, 0.15) is 12.1 Å². The summed E-state index contributed by atoms with van der Waals surface area (Å²) in [5.74, 6) is -3.73. The van der Waals surface area contributed by atoms with Crippen molar-refractivity contribution >= 4 is 17.8 Å². The summed E-state index contributed by atoms with van der Waals surface area (Å²) in [6, 6.07) is -1.06. The number of cyclic esters (lactones) is 1. The molecular weight excluding hydrogens is 718 g/mol. The van der Waals surface area contributed by atoms with Crippen LogP contribution in [0.1, 0.15) is 112 Å². The van der Waals surface area contributed by atoms with Crippen LogP contribution >= 0.6 is 0 Å². The molecule has 14 unspecified atom stereocenters. The molecule has 1 aliphatic carbocycles. The average Bonchev–Trinajstić information content (AvgIpc) is 3.27. The minimum absolute atomic E-state index is 0.0613. The minimum atomic E-state index is -2.58. The number of amides is 1. The van der Waals surface area contributed by atoms with Gasteiger partial charge in [-0.1, -0.05) is 44.6 Å². The van der Waals surface area contributed by atoms with E-state index in [-0.39, 0.29) is 43.2 Å². The molecule has 12 nitrogen and oxygen atoms in total. The SMILES string of the molecule is C=CCC1/C=C(\C)CC(C)CC(OC)C2OC(=O)C(O)(C(=O)N3CCCCC3C(=O)OC(C(C)=CC3CCC(O)C(OC)C3)C(C)C(O)CC1)C(C)CC2OC. The average molecular weight is 790 g/mol. The van der Waals surface area contributed by atoms with E-state index in [1.807, 2.05) is 19.9 Å². The summed E-state index contributed by atoms with van der Waals surface area (Å²) < 4.78 is 29.8. The lowest BCUT2D eigenvalue weighted by Gasteiger charge is -2.40. The van der Waals surface area contributed by atoms with Gasteiger partial charge in [-0.3, -0.25) is 4.79 Å². The molecule has 14 atom stereocenters. The quantitative estimate of drug-likeness (QED) is 0.171. The number of allylic oxidation sites excluding steroid dienone is 4. The summed E-state index contributed by atoms with van der Waals surface area (Å²) in [7, 11) is 4.67. The molecule has 1 amide bonds.